The Morgan fingerprint density at radius 3 is 2.08 bits per heavy atom. The van der Waals surface area contributed by atoms with Gasteiger partial charge in [0.1, 0.15) is 11.5 Å². The zero-order chi connectivity index (χ0) is 27.2. The molecule has 0 radical (unpaired) electrons. The molecule has 1 heterocycles. The predicted octanol–water partition coefficient (Wildman–Crippen LogP) is 2.82. The maximum atomic E-state index is 13.2. The lowest BCUT2D eigenvalue weighted by molar-refractivity contribution is -0.118. The van der Waals surface area contributed by atoms with Gasteiger partial charge in [0.15, 0.2) is 0 Å². The molecule has 1 aliphatic heterocycles. The summed E-state index contributed by atoms with van der Waals surface area (Å²) in [6.07, 6.45) is 0.466. The number of aryl methyl sites for hydroxylation is 2. The van der Waals surface area contributed by atoms with Gasteiger partial charge in [0.25, 0.3) is 0 Å². The van der Waals surface area contributed by atoms with E-state index >= 15 is 0 Å². The fourth-order valence-electron chi connectivity index (χ4n) is 4.71. The molecule has 1 aliphatic rings. The SMILES string of the molecule is COc1cc(C)c(S(=O)(=O)N(C)CCC(=O)Cc2ccc(N3CCN(CCN(C)C)CC3)cc2)c(C)c1. The van der Waals surface area contributed by atoms with Crippen molar-refractivity contribution in [2.24, 2.45) is 0 Å². The van der Waals surface area contributed by atoms with E-state index in [-0.39, 0.29) is 23.6 Å². The van der Waals surface area contributed by atoms with Crippen molar-refractivity contribution in [3.8, 4) is 5.75 Å². The number of benzene rings is 2. The van der Waals surface area contributed by atoms with Crippen LogP contribution in [0.25, 0.3) is 0 Å². The number of Topliss-reactive ketones (excluding diaryl/α,β-unsaturated/α-hetero) is 1. The number of likely N-dealkylation sites (N-methyl/N-ethyl adjacent to an activating group) is 1. The first-order valence-corrected chi connectivity index (χ1v) is 14.3. The average Bonchev–Trinajstić information content (AvgIpc) is 2.86. The number of ketones is 1. The summed E-state index contributed by atoms with van der Waals surface area (Å²) < 4.78 is 32.9. The molecule has 1 saturated heterocycles. The molecule has 8 nitrogen and oxygen atoms in total. The van der Waals surface area contributed by atoms with Crippen molar-refractivity contribution in [1.29, 1.82) is 0 Å². The number of rotatable bonds is 12. The Morgan fingerprint density at radius 2 is 1.54 bits per heavy atom. The van der Waals surface area contributed by atoms with Gasteiger partial charge in [0, 0.05) is 71.4 Å². The molecule has 3 rings (SSSR count). The van der Waals surface area contributed by atoms with E-state index in [1.807, 2.05) is 12.1 Å². The number of methoxy groups -OCH3 is 1. The van der Waals surface area contributed by atoms with Crippen LogP contribution in [0.2, 0.25) is 0 Å². The van der Waals surface area contributed by atoms with Crippen molar-refractivity contribution in [2.75, 3.05) is 79.0 Å². The third kappa shape index (κ3) is 7.77. The summed E-state index contributed by atoms with van der Waals surface area (Å²) in [6, 6.07) is 11.6. The van der Waals surface area contributed by atoms with Crippen LogP contribution in [-0.2, 0) is 21.2 Å². The lowest BCUT2D eigenvalue weighted by Gasteiger charge is -2.36. The number of hydrogen-bond donors (Lipinski definition) is 0. The smallest absolute Gasteiger partial charge is 0.243 e. The summed E-state index contributed by atoms with van der Waals surface area (Å²) in [5.74, 6) is 0.646. The van der Waals surface area contributed by atoms with Gasteiger partial charge in [0.2, 0.25) is 10.0 Å². The first-order chi connectivity index (χ1) is 17.5. The van der Waals surface area contributed by atoms with E-state index in [0.717, 1.165) is 44.8 Å². The first kappa shape index (κ1) is 29.1. The number of nitrogens with zero attached hydrogens (tertiary/aromatic N) is 4. The molecule has 0 aliphatic carbocycles. The van der Waals surface area contributed by atoms with Crippen LogP contribution in [0.5, 0.6) is 5.75 Å². The fourth-order valence-corrected chi connectivity index (χ4v) is 6.28. The summed E-state index contributed by atoms with van der Waals surface area (Å²) in [7, 11) is 3.58. The van der Waals surface area contributed by atoms with Gasteiger partial charge in [0.05, 0.1) is 12.0 Å². The summed E-state index contributed by atoms with van der Waals surface area (Å²) in [6.45, 7) is 9.94. The lowest BCUT2D eigenvalue weighted by atomic mass is 10.1. The molecule has 9 heteroatoms. The number of ether oxygens (including phenoxy) is 1. The Morgan fingerprint density at radius 1 is 0.946 bits per heavy atom. The molecule has 0 saturated carbocycles. The largest absolute Gasteiger partial charge is 0.497 e. The molecule has 2 aromatic carbocycles. The van der Waals surface area contributed by atoms with Crippen LogP contribution in [0.15, 0.2) is 41.3 Å². The second kappa shape index (κ2) is 12.9. The summed E-state index contributed by atoms with van der Waals surface area (Å²) in [5, 5.41) is 0. The van der Waals surface area contributed by atoms with Crippen LogP contribution in [-0.4, -0.2) is 102 Å². The topological polar surface area (TPSA) is 73.4 Å². The standard InChI is InChI=1S/C28H42N4O4S/c1-22-19-27(36-6)20-23(2)28(22)37(34,35)30(5)12-11-26(33)21-24-7-9-25(10-8-24)32-17-15-31(16-18-32)14-13-29(3)4/h7-10,19-20H,11-18,21H2,1-6H3. The van der Waals surface area contributed by atoms with E-state index < -0.39 is 10.0 Å². The minimum absolute atomic E-state index is 0.0208. The zero-order valence-electron chi connectivity index (χ0n) is 23.2. The Hall–Kier alpha value is -2.46. The van der Waals surface area contributed by atoms with Gasteiger partial charge in [-0.2, -0.15) is 0 Å². The first-order valence-electron chi connectivity index (χ1n) is 12.9. The molecule has 0 atom stereocenters. The summed E-state index contributed by atoms with van der Waals surface area (Å²) >= 11 is 0. The third-order valence-electron chi connectivity index (χ3n) is 6.98. The summed E-state index contributed by atoms with van der Waals surface area (Å²) in [5.41, 5.74) is 3.39. The highest BCUT2D eigenvalue weighted by molar-refractivity contribution is 7.89. The van der Waals surface area contributed by atoms with Crippen LogP contribution >= 0.6 is 0 Å². The van der Waals surface area contributed by atoms with Crippen molar-refractivity contribution >= 4 is 21.5 Å². The van der Waals surface area contributed by atoms with Crippen molar-refractivity contribution in [3.05, 3.63) is 53.1 Å². The molecule has 0 unspecified atom stereocenters. The fraction of sp³-hybridized carbons (Fsp3) is 0.536. The molecule has 37 heavy (non-hydrogen) atoms. The van der Waals surface area contributed by atoms with Crippen molar-refractivity contribution in [3.63, 3.8) is 0 Å². The molecular weight excluding hydrogens is 488 g/mol. The Balaban J connectivity index is 1.50. The highest BCUT2D eigenvalue weighted by Crippen LogP contribution is 2.28. The van der Waals surface area contributed by atoms with Crippen LogP contribution < -0.4 is 9.64 Å². The lowest BCUT2D eigenvalue weighted by Crippen LogP contribution is -2.48. The van der Waals surface area contributed by atoms with Gasteiger partial charge in [-0.15, -0.1) is 0 Å². The highest BCUT2D eigenvalue weighted by Gasteiger charge is 2.26. The highest BCUT2D eigenvalue weighted by atomic mass is 32.2. The molecule has 0 aromatic heterocycles. The average molecular weight is 531 g/mol. The Bertz CT molecular complexity index is 1130. The number of carbonyl (C=O) groups is 1. The van der Waals surface area contributed by atoms with Crippen molar-refractivity contribution < 1.29 is 17.9 Å². The molecule has 204 valence electrons. The van der Waals surface area contributed by atoms with E-state index in [4.69, 9.17) is 4.74 Å². The van der Waals surface area contributed by atoms with Crippen LogP contribution in [0.4, 0.5) is 5.69 Å². The second-order valence-corrected chi connectivity index (χ2v) is 12.2. The minimum atomic E-state index is -3.71. The zero-order valence-corrected chi connectivity index (χ0v) is 24.0. The van der Waals surface area contributed by atoms with Gasteiger partial charge in [-0.1, -0.05) is 12.1 Å². The summed E-state index contributed by atoms with van der Waals surface area (Å²) in [4.78, 5) is 20.0. The second-order valence-electron chi connectivity index (χ2n) is 10.2. The molecule has 0 bridgehead atoms. The molecule has 0 N–H and O–H groups in total. The number of hydrogen-bond acceptors (Lipinski definition) is 7. The van der Waals surface area contributed by atoms with Crippen LogP contribution in [0.1, 0.15) is 23.1 Å². The Kier molecular flexibility index (Phi) is 10.1. The van der Waals surface area contributed by atoms with E-state index in [9.17, 15) is 13.2 Å². The number of anilines is 1. The number of sulfonamides is 1. The predicted molar refractivity (Wildman–Crippen MR) is 149 cm³/mol. The molecule has 0 amide bonds. The van der Waals surface area contributed by atoms with Gasteiger partial charge in [-0.05, 0) is 68.9 Å². The number of carbonyl (C=O) groups excluding carboxylic acids is 1. The normalized spacial score (nSPS) is 15.0. The maximum Gasteiger partial charge on any atom is 0.243 e. The van der Waals surface area contributed by atoms with Crippen LogP contribution in [0, 0.1) is 13.8 Å². The quantitative estimate of drug-likeness (QED) is 0.418. The Labute approximate surface area is 222 Å². The van der Waals surface area contributed by atoms with Crippen LogP contribution in [0.3, 0.4) is 0 Å². The molecular formula is C28H42N4O4S. The van der Waals surface area contributed by atoms with Crippen molar-refractivity contribution in [2.45, 2.75) is 31.6 Å². The third-order valence-corrected chi connectivity index (χ3v) is 9.14. The van der Waals surface area contributed by atoms with Gasteiger partial charge >= 0.3 is 0 Å². The van der Waals surface area contributed by atoms with Gasteiger partial charge in [-0.25, -0.2) is 12.7 Å². The maximum absolute atomic E-state index is 13.2. The van der Waals surface area contributed by atoms with Gasteiger partial charge in [-0.3, -0.25) is 9.69 Å². The molecule has 2 aromatic rings. The van der Waals surface area contributed by atoms with E-state index in [2.05, 4.69) is 40.9 Å². The molecule has 0 spiro atoms. The minimum Gasteiger partial charge on any atom is -0.497 e. The van der Waals surface area contributed by atoms with Crippen molar-refractivity contribution in [1.82, 2.24) is 14.1 Å². The van der Waals surface area contributed by atoms with E-state index in [1.165, 1.54) is 17.0 Å². The molecule has 1 fully saturated rings. The monoisotopic (exact) mass is 530 g/mol. The van der Waals surface area contributed by atoms with Gasteiger partial charge < -0.3 is 14.5 Å². The number of piperazine rings is 1. The van der Waals surface area contributed by atoms with E-state index in [1.54, 1.807) is 33.1 Å². The van der Waals surface area contributed by atoms with E-state index in [0.29, 0.717) is 23.3 Å².